The maximum atomic E-state index is 10.7. The van der Waals surface area contributed by atoms with Gasteiger partial charge in [0, 0.05) is 6.42 Å². The summed E-state index contributed by atoms with van der Waals surface area (Å²) in [6, 6.07) is 3.21. The first-order valence-corrected chi connectivity index (χ1v) is 6.03. The molecule has 0 aliphatic rings. The number of hydrogen-bond acceptors (Lipinski definition) is 5. The monoisotopic (exact) mass is 284 g/mol. The predicted molar refractivity (Wildman–Crippen MR) is 66.7 cm³/mol. The number of carboxylic acid groups (broad SMARTS) is 1. The number of carboxylic acids is 1. The molecule has 0 saturated heterocycles. The molecule has 0 aromatic carbocycles. The Kier molecular flexibility index (Phi) is 3.61. The number of carbonyl (C=O) groups is 1. The van der Waals surface area contributed by atoms with Crippen LogP contribution >= 0.6 is 11.6 Å². The van der Waals surface area contributed by atoms with E-state index in [2.05, 4.69) is 10.2 Å². The van der Waals surface area contributed by atoms with Crippen molar-refractivity contribution in [3.63, 3.8) is 0 Å². The van der Waals surface area contributed by atoms with Crippen molar-refractivity contribution in [3.8, 4) is 11.7 Å². The Morgan fingerprint density at radius 1 is 1.37 bits per heavy atom. The fourth-order valence-electron chi connectivity index (χ4n) is 1.74. The highest BCUT2D eigenvalue weighted by Gasteiger charge is 2.25. The average molecular weight is 285 g/mol. The standard InChI is InChI=1S/C12H13ClN2O4/c1-12(2,6-10(16)17)5-9-14-15-11(19-9)7-3-4-8(13)18-7/h3-4H,5-6H2,1-2H3,(H,16,17). The van der Waals surface area contributed by atoms with Gasteiger partial charge in [0.1, 0.15) is 0 Å². The highest BCUT2D eigenvalue weighted by molar-refractivity contribution is 6.28. The molecule has 2 aromatic rings. The van der Waals surface area contributed by atoms with Crippen molar-refractivity contribution in [2.45, 2.75) is 26.7 Å². The molecule has 2 heterocycles. The maximum absolute atomic E-state index is 10.7. The molecule has 0 spiro atoms. The van der Waals surface area contributed by atoms with Gasteiger partial charge < -0.3 is 13.9 Å². The molecule has 0 aliphatic carbocycles. The molecule has 102 valence electrons. The molecule has 6 nitrogen and oxygen atoms in total. The van der Waals surface area contributed by atoms with Crippen molar-refractivity contribution in [2.24, 2.45) is 5.41 Å². The Bertz CT molecular complexity index is 588. The molecule has 0 radical (unpaired) electrons. The second-order valence-electron chi connectivity index (χ2n) is 5.02. The van der Waals surface area contributed by atoms with Gasteiger partial charge in [-0.05, 0) is 29.1 Å². The van der Waals surface area contributed by atoms with Gasteiger partial charge in [-0.1, -0.05) is 13.8 Å². The number of furan rings is 1. The summed E-state index contributed by atoms with van der Waals surface area (Å²) in [5, 5.41) is 16.8. The molecule has 2 aromatic heterocycles. The average Bonchev–Trinajstić information content (AvgIpc) is 2.84. The van der Waals surface area contributed by atoms with Gasteiger partial charge in [0.25, 0.3) is 5.89 Å². The van der Waals surface area contributed by atoms with E-state index in [1.165, 1.54) is 0 Å². The molecular formula is C12H13ClN2O4. The summed E-state index contributed by atoms with van der Waals surface area (Å²) >= 11 is 5.66. The number of aromatic nitrogens is 2. The summed E-state index contributed by atoms with van der Waals surface area (Å²) in [5.41, 5.74) is -0.462. The summed E-state index contributed by atoms with van der Waals surface area (Å²) in [5.74, 6) is 0.129. The molecule has 0 bridgehead atoms. The van der Waals surface area contributed by atoms with E-state index >= 15 is 0 Å². The lowest BCUT2D eigenvalue weighted by atomic mass is 9.86. The molecule has 7 heteroatoms. The first-order chi connectivity index (χ1) is 8.85. The third-order valence-corrected chi connectivity index (χ3v) is 2.71. The van der Waals surface area contributed by atoms with Gasteiger partial charge in [-0.3, -0.25) is 4.79 Å². The van der Waals surface area contributed by atoms with E-state index in [4.69, 9.17) is 25.5 Å². The predicted octanol–water partition coefficient (Wildman–Crippen LogP) is 3.03. The fraction of sp³-hybridized carbons (Fsp3) is 0.417. The number of nitrogens with zero attached hydrogens (tertiary/aromatic N) is 2. The van der Waals surface area contributed by atoms with Gasteiger partial charge in [0.15, 0.2) is 11.0 Å². The molecule has 2 rings (SSSR count). The summed E-state index contributed by atoms with van der Waals surface area (Å²) in [4.78, 5) is 10.7. The molecule has 0 aliphatic heterocycles. The molecule has 0 atom stereocenters. The summed E-state index contributed by atoms with van der Waals surface area (Å²) in [7, 11) is 0. The van der Waals surface area contributed by atoms with Crippen molar-refractivity contribution in [1.82, 2.24) is 10.2 Å². The molecule has 0 saturated carbocycles. The van der Waals surface area contributed by atoms with Gasteiger partial charge in [-0.2, -0.15) is 0 Å². The quantitative estimate of drug-likeness (QED) is 0.907. The van der Waals surface area contributed by atoms with Crippen LogP contribution in [0.1, 0.15) is 26.2 Å². The third-order valence-electron chi connectivity index (χ3n) is 2.51. The zero-order valence-corrected chi connectivity index (χ0v) is 11.3. The smallest absolute Gasteiger partial charge is 0.303 e. The van der Waals surface area contributed by atoms with Gasteiger partial charge in [-0.15, -0.1) is 10.2 Å². The Morgan fingerprint density at radius 3 is 2.68 bits per heavy atom. The number of aliphatic carboxylic acids is 1. The number of rotatable bonds is 5. The van der Waals surface area contributed by atoms with Crippen molar-refractivity contribution in [1.29, 1.82) is 0 Å². The molecule has 0 amide bonds. The van der Waals surface area contributed by atoms with Crippen LogP contribution in [0.2, 0.25) is 5.22 Å². The lowest BCUT2D eigenvalue weighted by Crippen LogP contribution is -2.19. The van der Waals surface area contributed by atoms with Crippen LogP contribution in [0, 0.1) is 5.41 Å². The Hall–Kier alpha value is -1.82. The maximum Gasteiger partial charge on any atom is 0.303 e. The highest BCUT2D eigenvalue weighted by Crippen LogP contribution is 2.28. The Labute approximate surface area is 114 Å². The van der Waals surface area contributed by atoms with E-state index in [0.717, 1.165) is 0 Å². The SMILES string of the molecule is CC(C)(CC(=O)O)Cc1nnc(-c2ccc(Cl)o2)o1. The molecule has 1 N–H and O–H groups in total. The molecule has 19 heavy (non-hydrogen) atoms. The minimum absolute atomic E-state index is 0.0251. The van der Waals surface area contributed by atoms with Crippen LogP contribution in [0.3, 0.4) is 0 Å². The van der Waals surface area contributed by atoms with Crippen LogP contribution in [0.25, 0.3) is 11.7 Å². The van der Waals surface area contributed by atoms with Gasteiger partial charge in [0.2, 0.25) is 5.89 Å². The van der Waals surface area contributed by atoms with Gasteiger partial charge in [0.05, 0.1) is 6.42 Å². The largest absolute Gasteiger partial charge is 0.481 e. The van der Waals surface area contributed by atoms with Crippen LogP contribution in [-0.4, -0.2) is 21.3 Å². The lowest BCUT2D eigenvalue weighted by Gasteiger charge is -2.19. The van der Waals surface area contributed by atoms with Crippen LogP contribution in [-0.2, 0) is 11.2 Å². The highest BCUT2D eigenvalue weighted by atomic mass is 35.5. The minimum atomic E-state index is -0.859. The first-order valence-electron chi connectivity index (χ1n) is 5.66. The van der Waals surface area contributed by atoms with Crippen LogP contribution in [0.4, 0.5) is 0 Å². The van der Waals surface area contributed by atoms with Crippen molar-refractivity contribution < 1.29 is 18.7 Å². The van der Waals surface area contributed by atoms with E-state index in [-0.39, 0.29) is 17.5 Å². The zero-order valence-electron chi connectivity index (χ0n) is 10.5. The number of hydrogen-bond donors (Lipinski definition) is 1. The second-order valence-corrected chi connectivity index (χ2v) is 5.39. The van der Waals surface area contributed by atoms with Crippen LogP contribution in [0.5, 0.6) is 0 Å². The van der Waals surface area contributed by atoms with Gasteiger partial charge in [-0.25, -0.2) is 0 Å². The van der Waals surface area contributed by atoms with Crippen LogP contribution in [0.15, 0.2) is 21.0 Å². The second kappa shape index (κ2) is 5.05. The third kappa shape index (κ3) is 3.57. The molecule has 0 fully saturated rings. The fourth-order valence-corrected chi connectivity index (χ4v) is 1.88. The first kappa shape index (κ1) is 13.6. The topological polar surface area (TPSA) is 89.4 Å². The Morgan fingerprint density at radius 2 is 2.11 bits per heavy atom. The zero-order chi connectivity index (χ0) is 14.0. The van der Waals surface area contributed by atoms with Crippen LogP contribution < -0.4 is 0 Å². The number of halogens is 1. The van der Waals surface area contributed by atoms with E-state index in [9.17, 15) is 4.79 Å². The van der Waals surface area contributed by atoms with Crippen molar-refractivity contribution in [3.05, 3.63) is 23.2 Å². The normalized spacial score (nSPS) is 11.7. The molecule has 0 unspecified atom stereocenters. The summed E-state index contributed by atoms with van der Waals surface area (Å²) in [6.07, 6.45) is 0.401. The van der Waals surface area contributed by atoms with Crippen molar-refractivity contribution >= 4 is 17.6 Å². The molecular weight excluding hydrogens is 272 g/mol. The minimum Gasteiger partial charge on any atom is -0.481 e. The van der Waals surface area contributed by atoms with Gasteiger partial charge >= 0.3 is 5.97 Å². The Balaban J connectivity index is 2.11. The summed E-state index contributed by atoms with van der Waals surface area (Å²) < 4.78 is 10.6. The van der Waals surface area contributed by atoms with Crippen molar-refractivity contribution in [2.75, 3.05) is 0 Å². The van der Waals surface area contributed by atoms with E-state index < -0.39 is 11.4 Å². The van der Waals surface area contributed by atoms with E-state index in [1.807, 2.05) is 13.8 Å². The summed E-state index contributed by atoms with van der Waals surface area (Å²) in [6.45, 7) is 3.66. The van der Waals surface area contributed by atoms with E-state index in [0.29, 0.717) is 18.1 Å². The lowest BCUT2D eigenvalue weighted by molar-refractivity contribution is -0.139. The van der Waals surface area contributed by atoms with E-state index in [1.54, 1.807) is 12.1 Å².